The van der Waals surface area contributed by atoms with Gasteiger partial charge in [-0.3, -0.25) is 4.98 Å². The van der Waals surface area contributed by atoms with Gasteiger partial charge >= 0.3 is 5.97 Å². The summed E-state index contributed by atoms with van der Waals surface area (Å²) in [6, 6.07) is 9.44. The second-order valence-corrected chi connectivity index (χ2v) is 7.85. The summed E-state index contributed by atoms with van der Waals surface area (Å²) < 4.78 is 5.59. The highest BCUT2D eigenvalue weighted by Crippen LogP contribution is 2.23. The van der Waals surface area contributed by atoms with Crippen molar-refractivity contribution in [1.29, 1.82) is 0 Å². The molecule has 0 unspecified atom stereocenters. The molecule has 0 N–H and O–H groups in total. The van der Waals surface area contributed by atoms with Crippen molar-refractivity contribution < 1.29 is 9.53 Å². The SMILES string of the molecule is Cc1cc(C(=O)OCCSC(C)(C)C)c2ccccc2n1. The molecule has 21 heavy (non-hydrogen) atoms. The van der Waals surface area contributed by atoms with Crippen LogP contribution >= 0.6 is 11.8 Å². The van der Waals surface area contributed by atoms with Gasteiger partial charge in [0.2, 0.25) is 0 Å². The fourth-order valence-corrected chi connectivity index (χ4v) is 2.82. The normalized spacial score (nSPS) is 11.6. The molecule has 3 nitrogen and oxygen atoms in total. The predicted molar refractivity (Wildman–Crippen MR) is 89.0 cm³/mol. The molecule has 0 radical (unpaired) electrons. The summed E-state index contributed by atoms with van der Waals surface area (Å²) in [5.74, 6) is 0.531. The van der Waals surface area contributed by atoms with Crippen LogP contribution in [0.3, 0.4) is 0 Å². The molecule has 0 amide bonds. The van der Waals surface area contributed by atoms with E-state index in [2.05, 4.69) is 25.8 Å². The van der Waals surface area contributed by atoms with E-state index in [1.807, 2.05) is 31.2 Å². The van der Waals surface area contributed by atoms with Crippen molar-refractivity contribution in [3.8, 4) is 0 Å². The third-order valence-electron chi connectivity index (χ3n) is 2.92. The molecule has 2 rings (SSSR count). The summed E-state index contributed by atoms with van der Waals surface area (Å²) >= 11 is 1.79. The fraction of sp³-hybridized carbons (Fsp3) is 0.412. The van der Waals surface area contributed by atoms with E-state index in [1.165, 1.54) is 0 Å². The van der Waals surface area contributed by atoms with E-state index < -0.39 is 0 Å². The van der Waals surface area contributed by atoms with Gasteiger partial charge in [0.25, 0.3) is 0 Å². The van der Waals surface area contributed by atoms with Crippen LogP contribution < -0.4 is 0 Å². The van der Waals surface area contributed by atoms with Crippen LogP contribution in [0, 0.1) is 6.92 Å². The topological polar surface area (TPSA) is 39.2 Å². The van der Waals surface area contributed by atoms with Crippen molar-refractivity contribution in [1.82, 2.24) is 4.98 Å². The summed E-state index contributed by atoms with van der Waals surface area (Å²) in [5, 5.41) is 0.844. The predicted octanol–water partition coefficient (Wildman–Crippen LogP) is 4.23. The molecule has 1 aromatic carbocycles. The number of hydrogen-bond donors (Lipinski definition) is 0. The number of para-hydroxylation sites is 1. The monoisotopic (exact) mass is 303 g/mol. The number of thioether (sulfide) groups is 1. The second-order valence-electron chi connectivity index (χ2n) is 5.93. The third-order valence-corrected chi connectivity index (χ3v) is 4.15. The van der Waals surface area contributed by atoms with E-state index in [1.54, 1.807) is 17.8 Å². The number of esters is 1. The van der Waals surface area contributed by atoms with E-state index in [0.717, 1.165) is 22.3 Å². The number of aromatic nitrogens is 1. The largest absolute Gasteiger partial charge is 0.461 e. The van der Waals surface area contributed by atoms with E-state index in [-0.39, 0.29) is 10.7 Å². The average Bonchev–Trinajstić information content (AvgIpc) is 2.41. The van der Waals surface area contributed by atoms with Gasteiger partial charge in [0.1, 0.15) is 6.61 Å². The van der Waals surface area contributed by atoms with Crippen LogP contribution in [0.1, 0.15) is 36.8 Å². The number of nitrogens with zero attached hydrogens (tertiary/aromatic N) is 1. The molecule has 1 aromatic heterocycles. The van der Waals surface area contributed by atoms with Crippen LogP contribution in [0.5, 0.6) is 0 Å². The Bertz CT molecular complexity index is 647. The van der Waals surface area contributed by atoms with Crippen molar-refractivity contribution in [2.45, 2.75) is 32.4 Å². The summed E-state index contributed by atoms with van der Waals surface area (Å²) in [4.78, 5) is 16.7. The van der Waals surface area contributed by atoms with Gasteiger partial charge in [-0.05, 0) is 19.1 Å². The lowest BCUT2D eigenvalue weighted by molar-refractivity contribution is 0.0532. The van der Waals surface area contributed by atoms with Crippen molar-refractivity contribution in [3.05, 3.63) is 41.6 Å². The van der Waals surface area contributed by atoms with Gasteiger partial charge in [0, 0.05) is 21.6 Å². The minimum atomic E-state index is -0.272. The smallest absolute Gasteiger partial charge is 0.338 e. The molecule has 112 valence electrons. The Labute approximate surface area is 130 Å². The summed E-state index contributed by atoms with van der Waals surface area (Å²) in [5.41, 5.74) is 2.25. The second kappa shape index (κ2) is 6.48. The maximum atomic E-state index is 12.3. The van der Waals surface area contributed by atoms with Gasteiger partial charge in [-0.1, -0.05) is 39.0 Å². The lowest BCUT2D eigenvalue weighted by Gasteiger charge is -2.17. The van der Waals surface area contributed by atoms with Gasteiger partial charge in [0.15, 0.2) is 0 Å². The highest BCUT2D eigenvalue weighted by molar-refractivity contribution is 8.00. The zero-order valence-electron chi connectivity index (χ0n) is 13.0. The van der Waals surface area contributed by atoms with Crippen molar-refractivity contribution in [2.24, 2.45) is 0 Å². The molecule has 0 aliphatic heterocycles. The minimum absolute atomic E-state index is 0.187. The molecule has 0 atom stereocenters. The van der Waals surface area contributed by atoms with Crippen LogP contribution in [0.15, 0.2) is 30.3 Å². The van der Waals surface area contributed by atoms with Crippen LogP contribution in [0.2, 0.25) is 0 Å². The van der Waals surface area contributed by atoms with Gasteiger partial charge in [-0.2, -0.15) is 11.8 Å². The molecule has 2 aromatic rings. The Kier molecular flexibility index (Phi) is 4.88. The minimum Gasteiger partial charge on any atom is -0.461 e. The number of hydrogen-bond acceptors (Lipinski definition) is 4. The van der Waals surface area contributed by atoms with E-state index in [9.17, 15) is 4.79 Å². The highest BCUT2D eigenvalue weighted by Gasteiger charge is 2.14. The average molecular weight is 303 g/mol. The standard InChI is InChI=1S/C17H21NO2S/c1-12-11-14(13-7-5-6-8-15(13)18-12)16(19)20-9-10-21-17(2,3)4/h5-8,11H,9-10H2,1-4H3. The number of carbonyl (C=O) groups is 1. The number of fused-ring (bicyclic) bond motifs is 1. The summed E-state index contributed by atoms with van der Waals surface area (Å²) in [6.07, 6.45) is 0. The summed E-state index contributed by atoms with van der Waals surface area (Å²) in [6.45, 7) is 8.77. The number of benzene rings is 1. The molecule has 0 saturated heterocycles. The first-order chi connectivity index (χ1) is 9.87. The van der Waals surface area contributed by atoms with Crippen LogP contribution in [-0.4, -0.2) is 28.1 Å². The zero-order chi connectivity index (χ0) is 15.5. The van der Waals surface area contributed by atoms with E-state index >= 15 is 0 Å². The molecular weight excluding hydrogens is 282 g/mol. The molecule has 0 saturated carbocycles. The van der Waals surface area contributed by atoms with Gasteiger partial charge in [-0.25, -0.2) is 4.79 Å². The number of pyridine rings is 1. The highest BCUT2D eigenvalue weighted by atomic mass is 32.2. The first-order valence-electron chi connectivity index (χ1n) is 7.04. The molecule has 4 heteroatoms. The molecular formula is C17H21NO2S. The lowest BCUT2D eigenvalue weighted by atomic mass is 10.1. The first kappa shape index (κ1) is 15.8. The molecule has 0 spiro atoms. The number of aryl methyl sites for hydroxylation is 1. The van der Waals surface area contributed by atoms with Crippen molar-refractivity contribution in [3.63, 3.8) is 0 Å². The molecule has 0 fully saturated rings. The maximum absolute atomic E-state index is 12.3. The quantitative estimate of drug-likeness (QED) is 0.626. The van der Waals surface area contributed by atoms with Gasteiger partial charge < -0.3 is 4.74 Å². The van der Waals surface area contributed by atoms with Crippen LogP contribution in [0.25, 0.3) is 10.9 Å². The Morgan fingerprint density at radius 2 is 2.00 bits per heavy atom. The van der Waals surface area contributed by atoms with Gasteiger partial charge in [-0.15, -0.1) is 0 Å². The number of carbonyl (C=O) groups excluding carboxylic acids is 1. The molecule has 0 aliphatic rings. The Morgan fingerprint density at radius 3 is 2.71 bits per heavy atom. The summed E-state index contributed by atoms with van der Waals surface area (Å²) in [7, 11) is 0. The first-order valence-corrected chi connectivity index (χ1v) is 8.03. The van der Waals surface area contributed by atoms with E-state index in [0.29, 0.717) is 12.2 Å². The number of rotatable bonds is 4. The van der Waals surface area contributed by atoms with Crippen molar-refractivity contribution >= 4 is 28.6 Å². The Morgan fingerprint density at radius 1 is 1.29 bits per heavy atom. The number of ether oxygens (including phenoxy) is 1. The fourth-order valence-electron chi connectivity index (χ4n) is 2.04. The Balaban J connectivity index is 2.09. The van der Waals surface area contributed by atoms with Gasteiger partial charge in [0.05, 0.1) is 11.1 Å². The maximum Gasteiger partial charge on any atom is 0.338 e. The molecule has 1 heterocycles. The van der Waals surface area contributed by atoms with E-state index in [4.69, 9.17) is 4.74 Å². The van der Waals surface area contributed by atoms with Crippen LogP contribution in [0.4, 0.5) is 0 Å². The van der Waals surface area contributed by atoms with Crippen LogP contribution in [-0.2, 0) is 4.74 Å². The molecule has 0 aliphatic carbocycles. The Hall–Kier alpha value is -1.55. The van der Waals surface area contributed by atoms with Crippen molar-refractivity contribution in [2.75, 3.05) is 12.4 Å². The molecule has 0 bridgehead atoms. The zero-order valence-corrected chi connectivity index (χ0v) is 13.8. The lowest BCUT2D eigenvalue weighted by Crippen LogP contribution is -2.13. The third kappa shape index (κ3) is 4.46.